The van der Waals surface area contributed by atoms with Gasteiger partial charge < -0.3 is 10.0 Å². The average molecular weight is 265 g/mol. The van der Waals surface area contributed by atoms with Gasteiger partial charge in [0.15, 0.2) is 0 Å². The summed E-state index contributed by atoms with van der Waals surface area (Å²) in [4.78, 5) is 24.9. The first kappa shape index (κ1) is 13.0. The third-order valence-corrected chi connectivity index (χ3v) is 4.05. The zero-order valence-electron chi connectivity index (χ0n) is 10.3. The molecule has 1 atom stereocenters. The van der Waals surface area contributed by atoms with Gasteiger partial charge >= 0.3 is 5.97 Å². The molecule has 1 aliphatic rings. The monoisotopic (exact) mass is 265 g/mol. The van der Waals surface area contributed by atoms with E-state index >= 15 is 0 Å². The van der Waals surface area contributed by atoms with Crippen LogP contribution in [0.2, 0.25) is 0 Å². The number of carbonyl (C=O) groups is 2. The third kappa shape index (κ3) is 2.36. The summed E-state index contributed by atoms with van der Waals surface area (Å²) in [6, 6.07) is 4.88. The molecule has 0 spiro atoms. The van der Waals surface area contributed by atoms with E-state index in [9.17, 15) is 9.59 Å². The Morgan fingerprint density at radius 3 is 2.72 bits per heavy atom. The molecule has 1 aromatic carbocycles. The lowest BCUT2D eigenvalue weighted by atomic mass is 10.0. The van der Waals surface area contributed by atoms with Crippen LogP contribution in [0.1, 0.15) is 21.5 Å². The first-order valence-corrected chi connectivity index (χ1v) is 6.85. The lowest BCUT2D eigenvalue weighted by molar-refractivity contribution is -0.140. The molecule has 18 heavy (non-hydrogen) atoms. The molecular weight excluding hydrogens is 250 g/mol. The van der Waals surface area contributed by atoms with Crippen LogP contribution in [0.15, 0.2) is 18.2 Å². The summed E-state index contributed by atoms with van der Waals surface area (Å²) in [6.45, 7) is 3.84. The van der Waals surface area contributed by atoms with Gasteiger partial charge in [-0.05, 0) is 25.5 Å². The van der Waals surface area contributed by atoms with Gasteiger partial charge in [0.2, 0.25) is 0 Å². The predicted octanol–water partition coefficient (Wildman–Crippen LogP) is 1.90. The van der Waals surface area contributed by atoms with Crippen molar-refractivity contribution in [2.45, 2.75) is 19.9 Å². The number of hydrogen-bond donors (Lipinski definition) is 1. The zero-order valence-corrected chi connectivity index (χ0v) is 11.2. The second kappa shape index (κ2) is 5.02. The number of carbonyl (C=O) groups excluding carboxylic acids is 1. The number of nitrogens with zero attached hydrogens (tertiary/aromatic N) is 1. The molecule has 5 heteroatoms. The van der Waals surface area contributed by atoms with Crippen LogP contribution < -0.4 is 0 Å². The highest BCUT2D eigenvalue weighted by atomic mass is 32.2. The lowest BCUT2D eigenvalue weighted by Gasteiger charge is -2.21. The van der Waals surface area contributed by atoms with Crippen LogP contribution in [0, 0.1) is 13.8 Å². The van der Waals surface area contributed by atoms with Gasteiger partial charge in [0, 0.05) is 11.3 Å². The second-order valence-corrected chi connectivity index (χ2v) is 5.45. The fraction of sp³-hybridized carbons (Fsp3) is 0.385. The molecule has 0 unspecified atom stereocenters. The Hall–Kier alpha value is -1.49. The van der Waals surface area contributed by atoms with Crippen molar-refractivity contribution in [1.82, 2.24) is 4.90 Å². The number of hydrogen-bond acceptors (Lipinski definition) is 3. The van der Waals surface area contributed by atoms with E-state index in [0.717, 1.165) is 11.1 Å². The first-order valence-electron chi connectivity index (χ1n) is 5.69. The molecule has 1 fully saturated rings. The number of amides is 1. The molecular formula is C13H15NO3S. The summed E-state index contributed by atoms with van der Waals surface area (Å²) in [5.74, 6) is -0.210. The van der Waals surface area contributed by atoms with Gasteiger partial charge in [-0.1, -0.05) is 17.7 Å². The summed E-state index contributed by atoms with van der Waals surface area (Å²) in [6.07, 6.45) is 0. The standard InChI is InChI=1S/C13H15NO3S/c1-8-3-4-10(9(2)5-8)12(15)14-7-18-6-11(14)13(16)17/h3-5,11H,6-7H2,1-2H3,(H,16,17)/t11-/m0/s1. The molecule has 1 amide bonds. The minimum atomic E-state index is -0.932. The molecule has 0 saturated carbocycles. The van der Waals surface area contributed by atoms with Gasteiger partial charge in [0.05, 0.1) is 5.88 Å². The van der Waals surface area contributed by atoms with Crippen LogP contribution in [0.5, 0.6) is 0 Å². The summed E-state index contributed by atoms with van der Waals surface area (Å²) in [5, 5.41) is 9.09. The van der Waals surface area contributed by atoms with Crippen LogP contribution in [0.25, 0.3) is 0 Å². The van der Waals surface area contributed by atoms with E-state index in [1.165, 1.54) is 16.7 Å². The van der Waals surface area contributed by atoms with Crippen molar-refractivity contribution in [2.75, 3.05) is 11.6 Å². The van der Waals surface area contributed by atoms with Crippen LogP contribution >= 0.6 is 11.8 Å². The lowest BCUT2D eigenvalue weighted by Crippen LogP contribution is -2.42. The van der Waals surface area contributed by atoms with E-state index < -0.39 is 12.0 Å². The van der Waals surface area contributed by atoms with Gasteiger partial charge in [0.1, 0.15) is 6.04 Å². The normalized spacial score (nSPS) is 19.0. The van der Waals surface area contributed by atoms with Crippen molar-refractivity contribution < 1.29 is 14.7 Å². The SMILES string of the molecule is Cc1ccc(C(=O)N2CSC[C@H]2C(=O)O)c(C)c1. The number of carboxylic acid groups (broad SMARTS) is 1. The van der Waals surface area contributed by atoms with Crippen LogP contribution in [0.3, 0.4) is 0 Å². The molecule has 1 heterocycles. The van der Waals surface area contributed by atoms with Gasteiger partial charge in [-0.2, -0.15) is 0 Å². The Labute approximate surface area is 110 Å². The molecule has 0 radical (unpaired) electrons. The largest absolute Gasteiger partial charge is 0.480 e. The Balaban J connectivity index is 2.28. The molecule has 1 aromatic rings. The van der Waals surface area contributed by atoms with E-state index in [2.05, 4.69) is 0 Å². The smallest absolute Gasteiger partial charge is 0.327 e. The predicted molar refractivity (Wildman–Crippen MR) is 70.8 cm³/mol. The maximum absolute atomic E-state index is 12.3. The highest BCUT2D eigenvalue weighted by Gasteiger charge is 2.35. The summed E-state index contributed by atoms with van der Waals surface area (Å²) in [5.41, 5.74) is 2.57. The Bertz CT molecular complexity index is 501. The molecule has 96 valence electrons. The van der Waals surface area contributed by atoms with Crippen LogP contribution in [0.4, 0.5) is 0 Å². The molecule has 0 aromatic heterocycles. The number of benzene rings is 1. The Kier molecular flexibility index (Phi) is 3.61. The quantitative estimate of drug-likeness (QED) is 0.887. The molecule has 4 nitrogen and oxygen atoms in total. The van der Waals surface area contributed by atoms with Crippen molar-refractivity contribution in [3.63, 3.8) is 0 Å². The zero-order chi connectivity index (χ0) is 13.3. The molecule has 0 aliphatic carbocycles. The second-order valence-electron chi connectivity index (χ2n) is 4.45. The molecule has 0 bridgehead atoms. The minimum Gasteiger partial charge on any atom is -0.480 e. The minimum absolute atomic E-state index is 0.190. The third-order valence-electron chi connectivity index (χ3n) is 3.04. The number of aryl methyl sites for hydroxylation is 2. The average Bonchev–Trinajstić information content (AvgIpc) is 2.77. The van der Waals surface area contributed by atoms with Gasteiger partial charge in [-0.25, -0.2) is 4.79 Å². The van der Waals surface area contributed by atoms with Gasteiger partial charge in [-0.3, -0.25) is 4.79 Å². The first-order chi connectivity index (χ1) is 8.50. The molecule has 2 rings (SSSR count). The van der Waals surface area contributed by atoms with E-state index in [-0.39, 0.29) is 5.91 Å². The topological polar surface area (TPSA) is 57.6 Å². The summed E-state index contributed by atoms with van der Waals surface area (Å²) < 4.78 is 0. The van der Waals surface area contributed by atoms with Gasteiger partial charge in [0.25, 0.3) is 5.91 Å². The van der Waals surface area contributed by atoms with Gasteiger partial charge in [-0.15, -0.1) is 11.8 Å². The van der Waals surface area contributed by atoms with Crippen molar-refractivity contribution in [2.24, 2.45) is 0 Å². The summed E-state index contributed by atoms with van der Waals surface area (Å²) >= 11 is 1.47. The van der Waals surface area contributed by atoms with Crippen LogP contribution in [-0.4, -0.2) is 39.6 Å². The number of aliphatic carboxylic acids is 1. The Morgan fingerprint density at radius 2 is 2.11 bits per heavy atom. The maximum atomic E-state index is 12.3. The Morgan fingerprint density at radius 1 is 1.39 bits per heavy atom. The molecule has 1 N–H and O–H groups in total. The van der Waals surface area contributed by atoms with Crippen molar-refractivity contribution in [1.29, 1.82) is 0 Å². The van der Waals surface area contributed by atoms with E-state index in [1.807, 2.05) is 26.0 Å². The van der Waals surface area contributed by atoms with Crippen LogP contribution in [-0.2, 0) is 4.79 Å². The van der Waals surface area contributed by atoms with E-state index in [1.54, 1.807) is 6.07 Å². The fourth-order valence-corrected chi connectivity index (χ4v) is 3.20. The van der Waals surface area contributed by atoms with E-state index in [0.29, 0.717) is 17.2 Å². The molecule has 1 aliphatic heterocycles. The highest BCUT2D eigenvalue weighted by Crippen LogP contribution is 2.24. The highest BCUT2D eigenvalue weighted by molar-refractivity contribution is 7.99. The van der Waals surface area contributed by atoms with Crippen molar-refractivity contribution >= 4 is 23.6 Å². The summed E-state index contributed by atoms with van der Waals surface area (Å²) in [7, 11) is 0. The van der Waals surface area contributed by atoms with Crippen molar-refractivity contribution in [3.8, 4) is 0 Å². The fourth-order valence-electron chi connectivity index (χ4n) is 2.06. The number of rotatable bonds is 2. The number of carboxylic acids is 1. The molecule has 1 saturated heterocycles. The maximum Gasteiger partial charge on any atom is 0.327 e. The number of thioether (sulfide) groups is 1. The van der Waals surface area contributed by atoms with Crippen molar-refractivity contribution in [3.05, 3.63) is 34.9 Å². The van der Waals surface area contributed by atoms with E-state index in [4.69, 9.17) is 5.11 Å².